The number of aromatic nitrogens is 2. The zero-order valence-electron chi connectivity index (χ0n) is 16.5. The molecule has 0 aromatic carbocycles. The molecule has 0 atom stereocenters. The second kappa shape index (κ2) is 8.89. The monoisotopic (exact) mass is 394 g/mol. The summed E-state index contributed by atoms with van der Waals surface area (Å²) >= 11 is 0. The Bertz CT molecular complexity index is 828. The standard InChI is InChI=1S/C21H26N6O2/c28-20(17-6-7-19(23-15-17)25-9-2-1-3-10-25)26-11-13-27(14-12-26)21(29)24-18-5-4-8-22-16-18/h4-8,15-16H,1-3,9-14H2,(H,24,29). The molecule has 8 nitrogen and oxygen atoms in total. The van der Waals surface area contributed by atoms with Gasteiger partial charge >= 0.3 is 6.03 Å². The quantitative estimate of drug-likeness (QED) is 0.865. The van der Waals surface area contributed by atoms with Crippen LogP contribution in [0.3, 0.4) is 0 Å². The van der Waals surface area contributed by atoms with Gasteiger partial charge in [0.1, 0.15) is 5.82 Å². The number of urea groups is 1. The fourth-order valence-electron chi connectivity index (χ4n) is 3.76. The lowest BCUT2D eigenvalue weighted by Crippen LogP contribution is -2.51. The van der Waals surface area contributed by atoms with E-state index >= 15 is 0 Å². The molecule has 0 unspecified atom stereocenters. The Morgan fingerprint density at radius 2 is 1.62 bits per heavy atom. The van der Waals surface area contributed by atoms with Gasteiger partial charge in [-0.1, -0.05) is 0 Å². The molecule has 0 spiro atoms. The highest BCUT2D eigenvalue weighted by Gasteiger charge is 2.25. The number of hydrogen-bond donors (Lipinski definition) is 1. The Morgan fingerprint density at radius 3 is 2.28 bits per heavy atom. The molecule has 1 N–H and O–H groups in total. The van der Waals surface area contributed by atoms with Gasteiger partial charge in [0.2, 0.25) is 0 Å². The average Bonchev–Trinajstić information content (AvgIpc) is 2.80. The molecule has 4 heterocycles. The van der Waals surface area contributed by atoms with Crippen LogP contribution < -0.4 is 10.2 Å². The van der Waals surface area contributed by atoms with Gasteiger partial charge in [-0.3, -0.25) is 9.78 Å². The molecule has 8 heteroatoms. The molecule has 2 aromatic heterocycles. The summed E-state index contributed by atoms with van der Waals surface area (Å²) < 4.78 is 0. The fourth-order valence-corrected chi connectivity index (χ4v) is 3.76. The minimum Gasteiger partial charge on any atom is -0.357 e. The van der Waals surface area contributed by atoms with Crippen molar-refractivity contribution in [1.29, 1.82) is 0 Å². The SMILES string of the molecule is O=C(Nc1cccnc1)N1CCN(C(=O)c2ccc(N3CCCCC3)nc2)CC1. The van der Waals surface area contributed by atoms with E-state index in [1.54, 1.807) is 40.5 Å². The van der Waals surface area contributed by atoms with Gasteiger partial charge in [-0.05, 0) is 43.5 Å². The molecule has 29 heavy (non-hydrogen) atoms. The Morgan fingerprint density at radius 1 is 0.862 bits per heavy atom. The number of carbonyl (C=O) groups excluding carboxylic acids is 2. The van der Waals surface area contributed by atoms with Crippen molar-refractivity contribution in [3.05, 3.63) is 48.4 Å². The van der Waals surface area contributed by atoms with Crippen molar-refractivity contribution in [3.63, 3.8) is 0 Å². The first-order valence-electron chi connectivity index (χ1n) is 10.2. The lowest BCUT2D eigenvalue weighted by molar-refractivity contribution is 0.0671. The van der Waals surface area contributed by atoms with E-state index < -0.39 is 0 Å². The van der Waals surface area contributed by atoms with Crippen LogP contribution in [0.25, 0.3) is 0 Å². The normalized spacial score (nSPS) is 17.2. The molecule has 0 saturated carbocycles. The number of rotatable bonds is 3. The third kappa shape index (κ3) is 4.64. The van der Waals surface area contributed by atoms with E-state index in [0.29, 0.717) is 37.4 Å². The predicted molar refractivity (Wildman–Crippen MR) is 111 cm³/mol. The summed E-state index contributed by atoms with van der Waals surface area (Å²) in [7, 11) is 0. The first kappa shape index (κ1) is 19.2. The highest BCUT2D eigenvalue weighted by atomic mass is 16.2. The molecule has 4 rings (SSSR count). The summed E-state index contributed by atoms with van der Waals surface area (Å²) in [5, 5.41) is 2.83. The molecular formula is C21H26N6O2. The maximum Gasteiger partial charge on any atom is 0.322 e. The van der Waals surface area contributed by atoms with Crippen LogP contribution in [0.5, 0.6) is 0 Å². The maximum absolute atomic E-state index is 12.8. The van der Waals surface area contributed by atoms with Gasteiger partial charge in [0.15, 0.2) is 0 Å². The average molecular weight is 394 g/mol. The summed E-state index contributed by atoms with van der Waals surface area (Å²) in [4.78, 5) is 39.4. The topological polar surface area (TPSA) is 81.7 Å². The van der Waals surface area contributed by atoms with Crippen molar-refractivity contribution in [1.82, 2.24) is 19.8 Å². The number of anilines is 2. The summed E-state index contributed by atoms with van der Waals surface area (Å²) in [6, 6.07) is 7.21. The molecular weight excluding hydrogens is 368 g/mol. The van der Waals surface area contributed by atoms with Gasteiger partial charge in [0, 0.05) is 51.7 Å². The van der Waals surface area contributed by atoms with Gasteiger partial charge in [0.25, 0.3) is 5.91 Å². The van der Waals surface area contributed by atoms with Crippen LogP contribution >= 0.6 is 0 Å². The number of carbonyl (C=O) groups is 2. The largest absolute Gasteiger partial charge is 0.357 e. The van der Waals surface area contributed by atoms with Crippen LogP contribution in [0.15, 0.2) is 42.9 Å². The van der Waals surface area contributed by atoms with E-state index in [4.69, 9.17) is 0 Å². The van der Waals surface area contributed by atoms with Gasteiger partial charge in [0.05, 0.1) is 17.4 Å². The van der Waals surface area contributed by atoms with Crippen molar-refractivity contribution >= 4 is 23.4 Å². The lowest BCUT2D eigenvalue weighted by atomic mass is 10.1. The fraction of sp³-hybridized carbons (Fsp3) is 0.429. The summed E-state index contributed by atoms with van der Waals surface area (Å²) in [5.41, 5.74) is 1.26. The molecule has 2 aromatic rings. The van der Waals surface area contributed by atoms with Gasteiger partial charge in [-0.2, -0.15) is 0 Å². The van der Waals surface area contributed by atoms with Gasteiger partial charge < -0.3 is 20.0 Å². The molecule has 0 radical (unpaired) electrons. The molecule has 152 valence electrons. The summed E-state index contributed by atoms with van der Waals surface area (Å²) in [5.74, 6) is 0.910. The van der Waals surface area contributed by atoms with E-state index in [2.05, 4.69) is 20.2 Å². The molecule has 2 fully saturated rings. The third-order valence-corrected chi connectivity index (χ3v) is 5.44. The summed E-state index contributed by atoms with van der Waals surface area (Å²) in [6.45, 7) is 4.07. The van der Waals surface area contributed by atoms with Crippen LogP contribution in [-0.4, -0.2) is 71.0 Å². The zero-order valence-corrected chi connectivity index (χ0v) is 16.5. The Hall–Kier alpha value is -3.16. The van der Waals surface area contributed by atoms with E-state index in [9.17, 15) is 9.59 Å². The maximum atomic E-state index is 12.8. The zero-order chi connectivity index (χ0) is 20.1. The Balaban J connectivity index is 1.30. The highest BCUT2D eigenvalue weighted by molar-refractivity contribution is 5.94. The second-order valence-corrected chi connectivity index (χ2v) is 7.40. The molecule has 2 aliphatic heterocycles. The third-order valence-electron chi connectivity index (χ3n) is 5.44. The minimum absolute atomic E-state index is 0.0324. The Labute approximate surface area is 170 Å². The first-order valence-corrected chi connectivity index (χ1v) is 10.2. The predicted octanol–water partition coefficient (Wildman–Crippen LogP) is 2.46. The van der Waals surface area contributed by atoms with E-state index in [1.165, 1.54) is 19.3 Å². The molecule has 2 saturated heterocycles. The van der Waals surface area contributed by atoms with Crippen LogP contribution in [0.2, 0.25) is 0 Å². The molecule has 3 amide bonds. The lowest BCUT2D eigenvalue weighted by Gasteiger charge is -2.34. The van der Waals surface area contributed by atoms with Gasteiger partial charge in [-0.25, -0.2) is 9.78 Å². The van der Waals surface area contributed by atoms with Crippen molar-refractivity contribution in [3.8, 4) is 0 Å². The number of nitrogens with one attached hydrogen (secondary N) is 1. The minimum atomic E-state index is -0.169. The number of hydrogen-bond acceptors (Lipinski definition) is 5. The van der Waals surface area contributed by atoms with E-state index in [1.807, 2.05) is 12.1 Å². The molecule has 0 aliphatic carbocycles. The smallest absolute Gasteiger partial charge is 0.322 e. The highest BCUT2D eigenvalue weighted by Crippen LogP contribution is 2.18. The van der Waals surface area contributed by atoms with Crippen LogP contribution in [0, 0.1) is 0 Å². The number of amides is 3. The number of piperidine rings is 1. The van der Waals surface area contributed by atoms with Crippen molar-refractivity contribution in [2.24, 2.45) is 0 Å². The van der Waals surface area contributed by atoms with Crippen molar-refractivity contribution < 1.29 is 9.59 Å². The molecule has 2 aliphatic rings. The van der Waals surface area contributed by atoms with Crippen LogP contribution in [0.1, 0.15) is 29.6 Å². The number of nitrogens with zero attached hydrogens (tertiary/aromatic N) is 5. The van der Waals surface area contributed by atoms with Gasteiger partial charge in [-0.15, -0.1) is 0 Å². The van der Waals surface area contributed by atoms with Crippen LogP contribution in [-0.2, 0) is 0 Å². The Kier molecular flexibility index (Phi) is 5.88. The van der Waals surface area contributed by atoms with Crippen LogP contribution in [0.4, 0.5) is 16.3 Å². The van der Waals surface area contributed by atoms with Crippen molar-refractivity contribution in [2.75, 3.05) is 49.5 Å². The first-order chi connectivity index (χ1) is 14.2. The van der Waals surface area contributed by atoms with Crippen molar-refractivity contribution in [2.45, 2.75) is 19.3 Å². The van der Waals surface area contributed by atoms with E-state index in [-0.39, 0.29) is 11.9 Å². The molecule has 0 bridgehead atoms. The summed E-state index contributed by atoms with van der Waals surface area (Å²) in [6.07, 6.45) is 8.61. The van der Waals surface area contributed by atoms with E-state index in [0.717, 1.165) is 18.9 Å². The second-order valence-electron chi connectivity index (χ2n) is 7.40. The number of piperazine rings is 1. The number of pyridine rings is 2.